The molecule has 0 radical (unpaired) electrons. The normalized spacial score (nSPS) is 15.6. The van der Waals surface area contributed by atoms with Crippen molar-refractivity contribution in [3.8, 4) is 0 Å². The molecule has 1 saturated heterocycles. The van der Waals surface area contributed by atoms with Crippen LogP contribution in [-0.2, 0) is 0 Å². The maximum atomic E-state index is 13.3. The molecule has 1 amide bonds. The Kier molecular flexibility index (Phi) is 4.09. The molecule has 0 aliphatic carbocycles. The summed E-state index contributed by atoms with van der Waals surface area (Å²) in [6, 6.07) is 6.31. The average molecular weight is 356 g/mol. The van der Waals surface area contributed by atoms with Crippen molar-refractivity contribution in [2.75, 3.05) is 18.8 Å². The van der Waals surface area contributed by atoms with Gasteiger partial charge in [0.05, 0.1) is 22.4 Å². The molecule has 1 fully saturated rings. The molecule has 1 aromatic carbocycles. The van der Waals surface area contributed by atoms with Crippen molar-refractivity contribution in [1.29, 1.82) is 0 Å². The summed E-state index contributed by atoms with van der Waals surface area (Å²) in [6.45, 7) is 1.31. The molecule has 0 spiro atoms. The molecule has 7 heteroatoms. The highest BCUT2D eigenvalue weighted by Gasteiger charge is 2.27. The second-order valence-corrected chi connectivity index (χ2v) is 6.96. The highest BCUT2D eigenvalue weighted by atomic mass is 32.1. The number of thiazole rings is 1. The Morgan fingerprint density at radius 1 is 1.28 bits per heavy atom. The van der Waals surface area contributed by atoms with Crippen LogP contribution in [0, 0.1) is 5.82 Å². The third kappa shape index (κ3) is 3.07. The second kappa shape index (κ2) is 6.40. The van der Waals surface area contributed by atoms with Crippen LogP contribution in [0.3, 0.4) is 0 Å². The summed E-state index contributed by atoms with van der Waals surface area (Å²) >= 11 is 1.42. The monoisotopic (exact) mass is 356 g/mol. The van der Waals surface area contributed by atoms with Crippen molar-refractivity contribution in [3.63, 3.8) is 0 Å². The third-order valence-electron chi connectivity index (χ3n) is 4.66. The molecule has 0 saturated carbocycles. The van der Waals surface area contributed by atoms with Gasteiger partial charge in [-0.1, -0.05) is 0 Å². The first kappa shape index (κ1) is 16.0. The average Bonchev–Trinajstić information content (AvgIpc) is 3.15. The van der Waals surface area contributed by atoms with E-state index in [1.54, 1.807) is 23.0 Å². The number of piperidine rings is 1. The number of anilines is 1. The van der Waals surface area contributed by atoms with E-state index in [1.165, 1.54) is 23.5 Å². The summed E-state index contributed by atoms with van der Waals surface area (Å²) in [5.41, 5.74) is 10.5. The Balaban J connectivity index is 1.52. The van der Waals surface area contributed by atoms with Gasteiger partial charge in [0.1, 0.15) is 11.5 Å². The lowest BCUT2D eigenvalue weighted by Gasteiger charge is -2.31. The van der Waals surface area contributed by atoms with Crippen molar-refractivity contribution in [1.82, 2.24) is 14.9 Å². The number of fused-ring (bicyclic) bond motifs is 1. The minimum atomic E-state index is -0.296. The van der Waals surface area contributed by atoms with E-state index in [0.717, 1.165) is 24.1 Å². The first-order valence-electron chi connectivity index (χ1n) is 8.15. The zero-order valence-corrected chi connectivity index (χ0v) is 14.3. The molecule has 3 heterocycles. The minimum Gasteiger partial charge on any atom is -0.397 e. The van der Waals surface area contributed by atoms with E-state index in [9.17, 15) is 9.18 Å². The molecule has 2 aromatic heterocycles. The number of hydrogen-bond acceptors (Lipinski definition) is 5. The Hall–Kier alpha value is -2.54. The predicted molar refractivity (Wildman–Crippen MR) is 96.1 cm³/mol. The number of amides is 1. The van der Waals surface area contributed by atoms with Gasteiger partial charge in [-0.25, -0.2) is 9.37 Å². The van der Waals surface area contributed by atoms with Crippen molar-refractivity contribution in [2.24, 2.45) is 0 Å². The molecule has 0 bridgehead atoms. The quantitative estimate of drug-likeness (QED) is 0.763. The lowest BCUT2D eigenvalue weighted by atomic mass is 9.91. The zero-order valence-electron chi connectivity index (χ0n) is 13.5. The van der Waals surface area contributed by atoms with Crippen LogP contribution in [0.15, 0.2) is 35.2 Å². The van der Waals surface area contributed by atoms with Crippen LogP contribution in [-0.4, -0.2) is 33.9 Å². The number of likely N-dealkylation sites (tertiary alicyclic amines) is 1. The van der Waals surface area contributed by atoms with Gasteiger partial charge >= 0.3 is 0 Å². The Morgan fingerprint density at radius 2 is 2.08 bits per heavy atom. The number of benzene rings is 1. The van der Waals surface area contributed by atoms with Crippen LogP contribution in [0.25, 0.3) is 10.9 Å². The topological polar surface area (TPSA) is 72.1 Å². The molecule has 4 rings (SSSR count). The van der Waals surface area contributed by atoms with E-state index in [4.69, 9.17) is 5.73 Å². The number of aromatic nitrogens is 2. The highest BCUT2D eigenvalue weighted by Crippen LogP contribution is 2.32. The van der Waals surface area contributed by atoms with E-state index >= 15 is 0 Å². The lowest BCUT2D eigenvalue weighted by molar-refractivity contribution is 0.0707. The van der Waals surface area contributed by atoms with E-state index in [1.807, 2.05) is 4.90 Å². The van der Waals surface area contributed by atoms with E-state index < -0.39 is 0 Å². The van der Waals surface area contributed by atoms with Crippen LogP contribution < -0.4 is 5.73 Å². The number of carbonyl (C=O) groups excluding carboxylic acids is 1. The van der Waals surface area contributed by atoms with E-state index in [2.05, 4.69) is 9.97 Å². The molecule has 0 unspecified atom stereocenters. The SMILES string of the molecule is Nc1cc2cc(F)ccc2nc1C1CCN(C(=O)c2cscn2)CC1. The van der Waals surface area contributed by atoms with Crippen molar-refractivity contribution >= 4 is 33.8 Å². The first-order valence-corrected chi connectivity index (χ1v) is 9.09. The van der Waals surface area contributed by atoms with E-state index in [0.29, 0.717) is 29.9 Å². The van der Waals surface area contributed by atoms with Gasteiger partial charge in [0.2, 0.25) is 0 Å². The Bertz CT molecular complexity index is 920. The predicted octanol–water partition coefficient (Wildman–Crippen LogP) is 3.43. The van der Waals surface area contributed by atoms with Gasteiger partial charge in [0.15, 0.2) is 0 Å². The Morgan fingerprint density at radius 3 is 2.80 bits per heavy atom. The molecule has 3 aromatic rings. The van der Waals surface area contributed by atoms with Gasteiger partial charge in [-0.3, -0.25) is 9.78 Å². The molecule has 5 nitrogen and oxygen atoms in total. The molecule has 25 heavy (non-hydrogen) atoms. The van der Waals surface area contributed by atoms with Crippen molar-refractivity contribution in [2.45, 2.75) is 18.8 Å². The van der Waals surface area contributed by atoms with Crippen molar-refractivity contribution < 1.29 is 9.18 Å². The largest absolute Gasteiger partial charge is 0.397 e. The van der Waals surface area contributed by atoms with Gasteiger partial charge in [0, 0.05) is 29.8 Å². The number of hydrogen-bond donors (Lipinski definition) is 1. The molecule has 0 atom stereocenters. The van der Waals surface area contributed by atoms with Crippen LogP contribution >= 0.6 is 11.3 Å². The van der Waals surface area contributed by atoms with Crippen LogP contribution in [0.4, 0.5) is 10.1 Å². The standard InChI is InChI=1S/C18H17FN4OS/c19-13-1-2-15-12(7-13)8-14(20)17(22-15)11-3-5-23(6-4-11)18(24)16-9-25-10-21-16/h1-2,7-11H,3-6,20H2. The number of nitrogens with two attached hydrogens (primary N) is 1. The molecule has 128 valence electrons. The van der Waals surface area contributed by atoms with Gasteiger partial charge in [-0.15, -0.1) is 11.3 Å². The fourth-order valence-corrected chi connectivity index (χ4v) is 3.87. The minimum absolute atomic E-state index is 0.0189. The molecular weight excluding hydrogens is 339 g/mol. The van der Waals surface area contributed by atoms with Crippen molar-refractivity contribution in [3.05, 3.63) is 52.4 Å². The summed E-state index contributed by atoms with van der Waals surface area (Å²) in [4.78, 5) is 22.9. The number of halogens is 1. The van der Waals surface area contributed by atoms with Gasteiger partial charge in [-0.2, -0.15) is 0 Å². The van der Waals surface area contributed by atoms with Crippen LogP contribution in [0.2, 0.25) is 0 Å². The zero-order chi connectivity index (χ0) is 17.4. The molecule has 1 aliphatic rings. The number of rotatable bonds is 2. The fourth-order valence-electron chi connectivity index (χ4n) is 3.34. The van der Waals surface area contributed by atoms with Crippen LogP contribution in [0.5, 0.6) is 0 Å². The van der Waals surface area contributed by atoms with Gasteiger partial charge in [-0.05, 0) is 37.1 Å². The smallest absolute Gasteiger partial charge is 0.273 e. The second-order valence-electron chi connectivity index (χ2n) is 6.24. The van der Waals surface area contributed by atoms with Gasteiger partial charge < -0.3 is 10.6 Å². The molecular formula is C18H17FN4OS. The molecule has 1 aliphatic heterocycles. The summed E-state index contributed by atoms with van der Waals surface area (Å²) in [5, 5.41) is 2.48. The van der Waals surface area contributed by atoms with Gasteiger partial charge in [0.25, 0.3) is 5.91 Å². The Labute approximate surface area is 148 Å². The number of pyridine rings is 1. The maximum Gasteiger partial charge on any atom is 0.273 e. The summed E-state index contributed by atoms with van der Waals surface area (Å²) < 4.78 is 13.3. The summed E-state index contributed by atoms with van der Waals surface area (Å²) in [6.07, 6.45) is 1.61. The molecule has 2 N–H and O–H groups in total. The number of nitrogen functional groups attached to an aromatic ring is 1. The third-order valence-corrected chi connectivity index (χ3v) is 5.24. The van der Waals surface area contributed by atoms with E-state index in [-0.39, 0.29) is 17.6 Å². The summed E-state index contributed by atoms with van der Waals surface area (Å²) in [5.74, 6) is -0.112. The lowest BCUT2D eigenvalue weighted by Crippen LogP contribution is -2.38. The fraction of sp³-hybridized carbons (Fsp3) is 0.278. The van der Waals surface area contributed by atoms with Crippen LogP contribution in [0.1, 0.15) is 34.9 Å². The number of carbonyl (C=O) groups is 1. The highest BCUT2D eigenvalue weighted by molar-refractivity contribution is 7.07. The maximum absolute atomic E-state index is 13.3. The number of nitrogens with zero attached hydrogens (tertiary/aromatic N) is 3. The summed E-state index contributed by atoms with van der Waals surface area (Å²) in [7, 11) is 0. The first-order chi connectivity index (χ1) is 12.1.